The Morgan fingerprint density at radius 3 is 1.32 bits per heavy atom. The summed E-state index contributed by atoms with van der Waals surface area (Å²) < 4.78 is 185. The van der Waals surface area contributed by atoms with E-state index in [1.54, 1.807) is 0 Å². The molecule has 0 aromatic heterocycles. The van der Waals surface area contributed by atoms with E-state index in [1.807, 2.05) is 0 Å². The van der Waals surface area contributed by atoms with Gasteiger partial charge in [-0.05, 0) is 24.3 Å². The average molecular weight is 625 g/mol. The van der Waals surface area contributed by atoms with Crippen molar-refractivity contribution in [2.75, 3.05) is 13.6 Å². The number of halogens is 8. The number of alkyl halides is 6. The van der Waals surface area contributed by atoms with Crippen LogP contribution in [0.2, 0.25) is 0 Å². The zero-order valence-electron chi connectivity index (χ0n) is 17.7. The summed E-state index contributed by atoms with van der Waals surface area (Å²) in [7, 11) is -14.3. The van der Waals surface area contributed by atoms with Crippen molar-refractivity contribution in [2.45, 2.75) is 22.5 Å². The maximum Gasteiger partial charge on any atom is 0.702 e. The lowest BCUT2D eigenvalue weighted by Gasteiger charge is -2.13. The van der Waals surface area contributed by atoms with Gasteiger partial charge in [-0.1, -0.05) is 21.2 Å². The normalized spacial score (nSPS) is 12.8. The summed E-state index contributed by atoms with van der Waals surface area (Å²) >= 11 is 0. The summed E-state index contributed by atoms with van der Waals surface area (Å²) in [6.45, 7) is -3.19. The Balaban J connectivity index is 1.99. The second kappa shape index (κ2) is 12.0. The van der Waals surface area contributed by atoms with Crippen LogP contribution in [0.3, 0.4) is 0 Å². The van der Waals surface area contributed by atoms with Gasteiger partial charge in [-0.2, -0.15) is 16.8 Å². The Morgan fingerprint density at radius 2 is 1.00 bits per heavy atom. The molecule has 38 heavy (non-hydrogen) atoms. The van der Waals surface area contributed by atoms with Crippen LogP contribution in [0.15, 0.2) is 46.2 Å². The number of hydrogen-bond acceptors (Lipinski definition) is 11. The van der Waals surface area contributed by atoms with E-state index in [1.165, 1.54) is 0 Å². The molecule has 0 radical (unpaired) electrons. The number of rotatable bonds is 12. The summed E-state index contributed by atoms with van der Waals surface area (Å²) in [6.07, 6.45) is -10.8. The molecule has 0 atom stereocenters. The van der Waals surface area contributed by atoms with Crippen molar-refractivity contribution in [3.8, 4) is 11.5 Å². The molecule has 0 saturated heterocycles. The molecule has 0 N–H and O–H groups in total. The van der Waals surface area contributed by atoms with Gasteiger partial charge in [0.1, 0.15) is 11.6 Å². The van der Waals surface area contributed by atoms with Crippen LogP contribution in [0.4, 0.5) is 35.1 Å². The fourth-order valence-electron chi connectivity index (χ4n) is 2.28. The highest BCUT2D eigenvalue weighted by Gasteiger charge is 2.38. The lowest BCUT2D eigenvalue weighted by Crippen LogP contribution is -2.20. The first-order chi connectivity index (χ1) is 17.3. The smallest absolute Gasteiger partial charge is 0.404 e. The first kappa shape index (κ1) is 31.5. The average Bonchev–Trinajstić information content (AvgIpc) is 2.70. The molecule has 2 aromatic carbocycles. The van der Waals surface area contributed by atoms with Crippen LogP contribution in [-0.4, -0.2) is 43.1 Å². The minimum atomic E-state index is -5.42. The van der Waals surface area contributed by atoms with Crippen LogP contribution in [0.25, 0.3) is 0 Å². The van der Waals surface area contributed by atoms with E-state index in [0.717, 1.165) is 0 Å². The first-order valence-electron chi connectivity index (χ1n) is 8.93. The van der Waals surface area contributed by atoms with Crippen LogP contribution in [-0.2, 0) is 42.2 Å². The van der Waals surface area contributed by atoms with Crippen LogP contribution >= 0.6 is 8.25 Å². The summed E-state index contributed by atoms with van der Waals surface area (Å²) in [5.41, 5.74) is 0. The zero-order valence-corrected chi connectivity index (χ0v) is 20.2. The van der Waals surface area contributed by atoms with Gasteiger partial charge in [0.2, 0.25) is 13.6 Å². The molecular weight excluding hydrogens is 615 g/mol. The molecule has 0 unspecified atom stereocenters. The monoisotopic (exact) mass is 625 g/mol. The van der Waals surface area contributed by atoms with E-state index in [4.69, 9.17) is 0 Å². The Bertz CT molecular complexity index is 1280. The van der Waals surface area contributed by atoms with Crippen molar-refractivity contribution in [3.63, 3.8) is 0 Å². The van der Waals surface area contributed by atoms with Gasteiger partial charge in [-0.15, -0.1) is 26.3 Å². The lowest BCUT2D eigenvalue weighted by molar-refractivity contribution is -0.276. The van der Waals surface area contributed by atoms with E-state index in [-0.39, 0.29) is 0 Å². The highest BCUT2D eigenvalue weighted by Crippen LogP contribution is 2.35. The van der Waals surface area contributed by atoms with Crippen molar-refractivity contribution in [3.05, 3.63) is 48.0 Å². The van der Waals surface area contributed by atoms with Crippen molar-refractivity contribution in [1.29, 1.82) is 0 Å². The minimum Gasteiger partial charge on any atom is -0.404 e. The molecule has 11 nitrogen and oxygen atoms in total. The van der Waals surface area contributed by atoms with Crippen LogP contribution < -0.4 is 9.47 Å². The second-order valence-electron chi connectivity index (χ2n) is 6.09. The second-order valence-corrected chi connectivity index (χ2v) is 10.2. The van der Waals surface area contributed by atoms with Crippen molar-refractivity contribution in [1.82, 2.24) is 0 Å². The number of ether oxygens (including phenoxy) is 2. The van der Waals surface area contributed by atoms with E-state index < -0.39 is 87.7 Å². The third-order valence-corrected chi connectivity index (χ3v) is 6.77. The van der Waals surface area contributed by atoms with Gasteiger partial charge < -0.3 is 9.47 Å². The van der Waals surface area contributed by atoms with Crippen LogP contribution in [0.5, 0.6) is 11.5 Å². The predicted octanol–water partition coefficient (Wildman–Crippen LogP) is 4.48. The summed E-state index contributed by atoms with van der Waals surface area (Å²) in [5, 5.41) is 0. The van der Waals surface area contributed by atoms with Crippen LogP contribution in [0.1, 0.15) is 0 Å². The third-order valence-electron chi connectivity index (χ3n) is 3.54. The Labute approximate surface area is 208 Å². The quantitative estimate of drug-likeness (QED) is 0.143. The molecule has 2 aromatic rings. The van der Waals surface area contributed by atoms with Gasteiger partial charge in [0.15, 0.2) is 21.3 Å². The zero-order chi connectivity index (χ0) is 28.9. The molecule has 0 aliphatic carbocycles. The van der Waals surface area contributed by atoms with Crippen molar-refractivity contribution in [2.24, 2.45) is 0 Å². The van der Waals surface area contributed by atoms with Gasteiger partial charge in [0, 0.05) is 4.57 Å². The largest absolute Gasteiger partial charge is 0.702 e. The molecule has 0 saturated carbocycles. The van der Waals surface area contributed by atoms with Crippen LogP contribution in [0, 0.1) is 11.6 Å². The molecule has 0 amide bonds. The predicted molar refractivity (Wildman–Crippen MR) is 102 cm³/mol. The van der Waals surface area contributed by atoms with Crippen molar-refractivity contribution >= 4 is 28.5 Å². The molecule has 2 rings (SSSR count). The minimum absolute atomic E-state index is 0.440. The number of benzene rings is 2. The fraction of sp³-hybridized carbons (Fsp3) is 0.250. The van der Waals surface area contributed by atoms with Gasteiger partial charge >= 0.3 is 41.2 Å². The summed E-state index contributed by atoms with van der Waals surface area (Å²) in [5.74, 6) is -6.49. The fourth-order valence-corrected chi connectivity index (χ4v) is 4.69. The Kier molecular flexibility index (Phi) is 9.97. The molecule has 0 spiro atoms. The molecule has 0 heterocycles. The Morgan fingerprint density at radius 1 is 0.658 bits per heavy atom. The SMILES string of the molecule is O=[P+](OCOS(=O)(=O)c1c(F)cccc1OC(F)(F)F)OCOS(=O)(=O)c1c(F)cccc1OC(F)(F)F. The highest BCUT2D eigenvalue weighted by atomic mass is 32.2. The summed E-state index contributed by atoms with van der Waals surface area (Å²) in [4.78, 5) is -3.40. The number of hydrogen-bond donors (Lipinski definition) is 0. The third kappa shape index (κ3) is 9.26. The molecular formula is C16H10F8O11PS2+. The van der Waals surface area contributed by atoms with E-state index in [0.29, 0.717) is 36.4 Å². The van der Waals surface area contributed by atoms with E-state index in [2.05, 4.69) is 26.9 Å². The molecule has 0 aliphatic heterocycles. The molecule has 0 fully saturated rings. The molecule has 0 bridgehead atoms. The van der Waals surface area contributed by atoms with Gasteiger partial charge in [-0.3, -0.25) is 0 Å². The first-order valence-corrected chi connectivity index (χ1v) is 12.8. The van der Waals surface area contributed by atoms with E-state index >= 15 is 0 Å². The molecule has 0 aliphatic rings. The van der Waals surface area contributed by atoms with Gasteiger partial charge in [0.25, 0.3) is 0 Å². The maximum absolute atomic E-state index is 13.9. The topological polar surface area (TPSA) is 141 Å². The Hall–Kier alpha value is -2.68. The standard InChI is InChI=1S/C16H10F8O11PS2/c17-9-3-1-5-11(34-15(19,20)21)13(9)37(26,27)32-7-30-36(25)31-8-33-38(28,29)14-10(18)4-2-6-12(14)35-16(22,23)24/h1-6H,7-8H2/q+1. The molecule has 22 heteroatoms. The summed E-state index contributed by atoms with van der Waals surface area (Å²) in [6, 6.07) is 3.14. The molecule has 212 valence electrons. The van der Waals surface area contributed by atoms with Crippen molar-refractivity contribution < 1.29 is 83.4 Å². The highest BCUT2D eigenvalue weighted by molar-refractivity contribution is 7.87. The maximum atomic E-state index is 13.9. The van der Waals surface area contributed by atoms with E-state index in [9.17, 15) is 56.5 Å². The van der Waals surface area contributed by atoms with Gasteiger partial charge in [0.05, 0.1) is 0 Å². The lowest BCUT2D eigenvalue weighted by atomic mass is 10.3. The van der Waals surface area contributed by atoms with Gasteiger partial charge in [-0.25, -0.2) is 17.1 Å².